The quantitative estimate of drug-likeness (QED) is 0.236. The van der Waals surface area contributed by atoms with Crippen LogP contribution in [0.5, 0.6) is 0 Å². The predicted molar refractivity (Wildman–Crippen MR) is 168 cm³/mol. The number of imide groups is 1. The lowest BCUT2D eigenvalue weighted by atomic mass is 9.94. The third-order valence-electron chi connectivity index (χ3n) is 8.30. The van der Waals surface area contributed by atoms with Crippen molar-refractivity contribution in [3.63, 3.8) is 0 Å². The largest absolute Gasteiger partial charge is 0.458 e. The van der Waals surface area contributed by atoms with E-state index < -0.39 is 62.7 Å². The Labute approximate surface area is 269 Å². The second-order valence-corrected chi connectivity index (χ2v) is 14.0. The van der Waals surface area contributed by atoms with Crippen LogP contribution in [0.25, 0.3) is 0 Å². The minimum Gasteiger partial charge on any atom is -0.458 e. The SMILES string of the molecule is CCN1CCN(C(=O)NC(C(=O)N[C@@H]2C(=O)N3[C@@H]2SC(C)(C)[C@]3(SC)C(=O)OCc2ccccc2)c2ccccc2)C(=O)C1=O. The number of carbonyl (C=O) groups is 6. The van der Waals surface area contributed by atoms with Crippen LogP contribution in [0.3, 0.4) is 0 Å². The van der Waals surface area contributed by atoms with Crippen molar-refractivity contribution in [2.75, 3.05) is 25.9 Å². The van der Waals surface area contributed by atoms with E-state index in [0.717, 1.165) is 10.5 Å². The zero-order valence-electron chi connectivity index (χ0n) is 25.3. The van der Waals surface area contributed by atoms with Gasteiger partial charge in [0, 0.05) is 19.6 Å². The van der Waals surface area contributed by atoms with Crippen LogP contribution in [0.2, 0.25) is 0 Å². The van der Waals surface area contributed by atoms with Crippen LogP contribution in [-0.2, 0) is 35.3 Å². The van der Waals surface area contributed by atoms with Crippen molar-refractivity contribution in [2.45, 2.75) is 54.5 Å². The van der Waals surface area contributed by atoms with Gasteiger partial charge in [0.15, 0.2) is 0 Å². The Kier molecular flexibility index (Phi) is 9.17. The summed E-state index contributed by atoms with van der Waals surface area (Å²) in [5.41, 5.74) is 1.23. The maximum absolute atomic E-state index is 13.7. The highest BCUT2D eigenvalue weighted by Crippen LogP contribution is 2.61. The third kappa shape index (κ3) is 5.65. The molecular weight excluding hydrogens is 619 g/mol. The lowest BCUT2D eigenvalue weighted by Crippen LogP contribution is -2.75. The van der Waals surface area contributed by atoms with E-state index >= 15 is 0 Å². The molecule has 3 heterocycles. The van der Waals surface area contributed by atoms with Crippen molar-refractivity contribution < 1.29 is 33.5 Å². The van der Waals surface area contributed by atoms with E-state index in [9.17, 15) is 28.8 Å². The molecule has 0 aromatic heterocycles. The Hall–Kier alpha value is -4.04. The number of β-lactam (4-membered cyclic amide) rings is 1. The van der Waals surface area contributed by atoms with Crippen molar-refractivity contribution in [3.8, 4) is 0 Å². The molecule has 3 fully saturated rings. The molecule has 3 aliphatic rings. The molecule has 3 saturated heterocycles. The number of likely N-dealkylation sites (N-methyl/N-ethyl adjacent to an activating group) is 1. The molecule has 0 aliphatic carbocycles. The Balaban J connectivity index is 1.32. The number of benzene rings is 2. The lowest BCUT2D eigenvalue weighted by molar-refractivity contribution is -0.168. The smallest absolute Gasteiger partial charge is 0.344 e. The molecular formula is C31H35N5O7S2. The van der Waals surface area contributed by atoms with E-state index in [1.165, 1.54) is 33.3 Å². The van der Waals surface area contributed by atoms with Gasteiger partial charge < -0.3 is 25.2 Å². The highest BCUT2D eigenvalue weighted by Gasteiger charge is 2.73. The number of rotatable bonds is 9. The molecule has 0 bridgehead atoms. The number of thioether (sulfide) groups is 2. The summed E-state index contributed by atoms with van der Waals surface area (Å²) in [7, 11) is 0. The fraction of sp³-hybridized carbons (Fsp3) is 0.419. The summed E-state index contributed by atoms with van der Waals surface area (Å²) in [6.45, 7) is 6.02. The van der Waals surface area contributed by atoms with Gasteiger partial charge in [-0.15, -0.1) is 23.5 Å². The number of piperazine rings is 1. The summed E-state index contributed by atoms with van der Waals surface area (Å²) >= 11 is 2.61. The lowest BCUT2D eigenvalue weighted by Gasteiger charge is -2.49. The van der Waals surface area contributed by atoms with Crippen molar-refractivity contribution in [3.05, 3.63) is 71.8 Å². The Morgan fingerprint density at radius 1 is 1.00 bits per heavy atom. The Morgan fingerprint density at radius 3 is 2.27 bits per heavy atom. The number of hydrogen-bond donors (Lipinski definition) is 2. The molecule has 14 heteroatoms. The van der Waals surface area contributed by atoms with Crippen LogP contribution in [-0.4, -0.2) is 97.3 Å². The van der Waals surface area contributed by atoms with Gasteiger partial charge in [-0.25, -0.2) is 9.59 Å². The van der Waals surface area contributed by atoms with Gasteiger partial charge in [0.1, 0.15) is 24.1 Å². The number of nitrogens with one attached hydrogen (secondary N) is 2. The van der Waals surface area contributed by atoms with Crippen LogP contribution in [0.4, 0.5) is 4.79 Å². The summed E-state index contributed by atoms with van der Waals surface area (Å²) in [6, 6.07) is 14.5. The minimum atomic E-state index is -1.34. The van der Waals surface area contributed by atoms with E-state index in [0.29, 0.717) is 12.1 Å². The van der Waals surface area contributed by atoms with Crippen LogP contribution >= 0.6 is 23.5 Å². The third-order valence-corrected chi connectivity index (χ3v) is 11.5. The average molecular weight is 654 g/mol. The second-order valence-electron chi connectivity index (χ2n) is 11.3. The molecule has 0 saturated carbocycles. The highest BCUT2D eigenvalue weighted by molar-refractivity contribution is 8.06. The van der Waals surface area contributed by atoms with Crippen LogP contribution < -0.4 is 10.6 Å². The molecule has 2 aromatic rings. The first-order valence-corrected chi connectivity index (χ1v) is 16.6. The van der Waals surface area contributed by atoms with Crippen LogP contribution in [0, 0.1) is 0 Å². The summed E-state index contributed by atoms with van der Waals surface area (Å²) in [5.74, 6) is -3.44. The maximum atomic E-state index is 13.7. The molecule has 5 rings (SSSR count). The summed E-state index contributed by atoms with van der Waals surface area (Å²) in [4.78, 5) is 81.6. The van der Waals surface area contributed by atoms with Crippen LogP contribution in [0.1, 0.15) is 37.9 Å². The molecule has 2 N–H and O–H groups in total. The number of carbonyl (C=O) groups excluding carboxylic acids is 6. The van der Waals surface area contributed by atoms with Crippen molar-refractivity contribution in [2.24, 2.45) is 0 Å². The number of fused-ring (bicyclic) bond motifs is 1. The molecule has 4 atom stereocenters. The standard InChI is InChI=1S/C31H35N5O7S2/c1-5-34-16-17-35(26(40)25(34)39)29(42)33-21(20-14-10-7-11-15-20)23(37)32-22-24(38)36-27(22)45-30(2,3)31(36,44-4)28(41)43-18-19-12-8-6-9-13-19/h6-15,21-22,27H,5,16-18H2,1-4H3,(H,32,37)(H,33,42)/t21?,22-,27-,31-/m1/s1. The second kappa shape index (κ2) is 12.8. The molecule has 0 spiro atoms. The maximum Gasteiger partial charge on any atom is 0.344 e. The molecule has 12 nitrogen and oxygen atoms in total. The topological polar surface area (TPSA) is 145 Å². The van der Waals surface area contributed by atoms with Gasteiger partial charge in [0.05, 0.1) is 4.75 Å². The van der Waals surface area contributed by atoms with Gasteiger partial charge in [-0.05, 0) is 38.2 Å². The van der Waals surface area contributed by atoms with Crippen molar-refractivity contribution >= 4 is 59.2 Å². The highest BCUT2D eigenvalue weighted by atomic mass is 32.2. The first-order valence-electron chi connectivity index (χ1n) is 14.5. The zero-order chi connectivity index (χ0) is 32.5. The van der Waals surface area contributed by atoms with Crippen LogP contribution in [0.15, 0.2) is 60.7 Å². The molecule has 3 aliphatic heterocycles. The summed E-state index contributed by atoms with van der Waals surface area (Å²) in [5, 5.41) is 4.79. The molecule has 2 aromatic carbocycles. The summed E-state index contributed by atoms with van der Waals surface area (Å²) in [6.07, 6.45) is 1.75. The number of nitrogens with zero attached hydrogens (tertiary/aromatic N) is 3. The Morgan fingerprint density at radius 2 is 1.64 bits per heavy atom. The molecule has 0 radical (unpaired) electrons. The van der Waals surface area contributed by atoms with E-state index in [-0.39, 0.29) is 19.7 Å². The number of amides is 6. The Bertz CT molecular complexity index is 1510. The van der Waals surface area contributed by atoms with Gasteiger partial charge in [-0.3, -0.25) is 24.1 Å². The monoisotopic (exact) mass is 653 g/mol. The van der Waals surface area contributed by atoms with Gasteiger partial charge in [-0.2, -0.15) is 0 Å². The molecule has 45 heavy (non-hydrogen) atoms. The van der Waals surface area contributed by atoms with Gasteiger partial charge >= 0.3 is 23.8 Å². The van der Waals surface area contributed by atoms with E-state index in [4.69, 9.17) is 4.74 Å². The average Bonchev–Trinajstić information content (AvgIpc) is 3.27. The predicted octanol–water partition coefficient (Wildman–Crippen LogP) is 2.11. The van der Waals surface area contributed by atoms with Gasteiger partial charge in [-0.1, -0.05) is 60.7 Å². The summed E-state index contributed by atoms with van der Waals surface area (Å²) < 4.78 is 4.95. The number of urea groups is 1. The number of ether oxygens (including phenoxy) is 1. The van der Waals surface area contributed by atoms with E-state index in [1.54, 1.807) is 43.5 Å². The van der Waals surface area contributed by atoms with Crippen molar-refractivity contribution in [1.82, 2.24) is 25.3 Å². The molecule has 238 valence electrons. The zero-order valence-corrected chi connectivity index (χ0v) is 27.0. The first kappa shape index (κ1) is 32.4. The first-order chi connectivity index (χ1) is 21.5. The fourth-order valence-corrected chi connectivity index (χ4v) is 9.08. The molecule has 1 unspecified atom stereocenters. The number of esters is 1. The van der Waals surface area contributed by atoms with Gasteiger partial charge in [0.25, 0.3) is 5.91 Å². The number of hydrogen-bond acceptors (Lipinski definition) is 9. The minimum absolute atomic E-state index is 0.0195. The molecule has 6 amide bonds. The fourth-order valence-electron chi connectivity index (χ4n) is 5.87. The van der Waals surface area contributed by atoms with E-state index in [1.807, 2.05) is 44.2 Å². The van der Waals surface area contributed by atoms with Gasteiger partial charge in [0.2, 0.25) is 10.8 Å². The van der Waals surface area contributed by atoms with E-state index in [2.05, 4.69) is 10.6 Å². The normalized spacial score (nSPS) is 24.4. The van der Waals surface area contributed by atoms with Crippen molar-refractivity contribution in [1.29, 1.82) is 0 Å².